The third-order valence-electron chi connectivity index (χ3n) is 5.56. The van der Waals surface area contributed by atoms with Crippen LogP contribution in [0.3, 0.4) is 0 Å². The number of thioether (sulfide) groups is 1. The Morgan fingerprint density at radius 1 is 1.13 bits per heavy atom. The molecule has 1 heterocycles. The number of carbonyl (C=O) groups is 1. The van der Waals surface area contributed by atoms with E-state index in [1.165, 1.54) is 11.8 Å². The fourth-order valence-corrected chi connectivity index (χ4v) is 4.88. The summed E-state index contributed by atoms with van der Waals surface area (Å²) in [5.41, 5.74) is 5.41. The third-order valence-corrected chi connectivity index (χ3v) is 7.14. The van der Waals surface area contributed by atoms with E-state index in [1.807, 2.05) is 83.4 Å². The first kappa shape index (κ1) is 28.1. The van der Waals surface area contributed by atoms with Crippen LogP contribution in [-0.2, 0) is 24.5 Å². The lowest BCUT2D eigenvalue weighted by Gasteiger charge is -2.12. The average Bonchev–Trinajstić information content (AvgIpc) is 3.32. The van der Waals surface area contributed by atoms with Gasteiger partial charge in [0.2, 0.25) is 0 Å². The van der Waals surface area contributed by atoms with Crippen LogP contribution < -0.4 is 15.5 Å². The van der Waals surface area contributed by atoms with Crippen molar-refractivity contribution in [2.24, 2.45) is 5.10 Å². The Morgan fingerprint density at radius 3 is 2.72 bits per heavy atom. The van der Waals surface area contributed by atoms with Gasteiger partial charge in [0, 0.05) is 22.3 Å². The monoisotopic (exact) mass is 604 g/mol. The maximum absolute atomic E-state index is 12.8. The molecule has 8 nitrogen and oxygen atoms in total. The van der Waals surface area contributed by atoms with Crippen LogP contribution in [0.1, 0.15) is 23.9 Å². The zero-order chi connectivity index (χ0) is 27.5. The fourth-order valence-electron chi connectivity index (χ4n) is 3.56. The van der Waals surface area contributed by atoms with Gasteiger partial charge in [0.1, 0.15) is 12.4 Å². The predicted octanol–water partition coefficient (Wildman–Crippen LogP) is 6.05. The SMILES string of the molecule is C=CCn1c(CNc2ccccc2)nnc1SC(C)C(=O)N/N=C/c1ccccc1OCc1cccc(Br)c1. The summed E-state index contributed by atoms with van der Waals surface area (Å²) in [7, 11) is 0. The highest BCUT2D eigenvalue weighted by Crippen LogP contribution is 2.23. The van der Waals surface area contributed by atoms with Crippen molar-refractivity contribution in [1.29, 1.82) is 0 Å². The van der Waals surface area contributed by atoms with Crippen LogP contribution in [0, 0.1) is 0 Å². The van der Waals surface area contributed by atoms with Crippen LogP contribution in [0.15, 0.2) is 106 Å². The third kappa shape index (κ3) is 8.30. The largest absolute Gasteiger partial charge is 0.488 e. The Bertz CT molecular complexity index is 1430. The van der Waals surface area contributed by atoms with Crippen LogP contribution in [0.25, 0.3) is 0 Å². The number of nitrogens with one attached hydrogen (secondary N) is 2. The van der Waals surface area contributed by atoms with Crippen LogP contribution in [-0.4, -0.2) is 32.1 Å². The molecular weight excluding hydrogens is 576 g/mol. The second-order valence-electron chi connectivity index (χ2n) is 8.47. The number of ether oxygens (including phenoxy) is 1. The molecule has 0 aliphatic heterocycles. The molecule has 0 radical (unpaired) electrons. The number of benzene rings is 3. The van der Waals surface area contributed by atoms with Gasteiger partial charge in [-0.25, -0.2) is 5.43 Å². The van der Waals surface area contributed by atoms with E-state index in [4.69, 9.17) is 4.74 Å². The zero-order valence-corrected chi connectivity index (χ0v) is 23.9. The van der Waals surface area contributed by atoms with Crippen molar-refractivity contribution in [3.8, 4) is 5.75 Å². The summed E-state index contributed by atoms with van der Waals surface area (Å²) < 4.78 is 8.93. The number of nitrogens with zero attached hydrogens (tertiary/aromatic N) is 4. The molecule has 4 rings (SSSR count). The van der Waals surface area contributed by atoms with Crippen LogP contribution in [0.2, 0.25) is 0 Å². The van der Waals surface area contributed by atoms with E-state index in [-0.39, 0.29) is 5.91 Å². The number of hydrogen-bond donors (Lipinski definition) is 2. The molecule has 10 heteroatoms. The molecule has 0 spiro atoms. The molecule has 1 aromatic heterocycles. The maximum atomic E-state index is 12.8. The van der Waals surface area contributed by atoms with Crippen LogP contribution in [0.4, 0.5) is 5.69 Å². The number of carbonyl (C=O) groups excluding carboxylic acids is 1. The number of para-hydroxylation sites is 2. The number of hydrogen-bond acceptors (Lipinski definition) is 7. The van der Waals surface area contributed by atoms with Gasteiger partial charge >= 0.3 is 0 Å². The molecule has 0 saturated heterocycles. The molecule has 4 aromatic rings. The van der Waals surface area contributed by atoms with Crippen LogP contribution in [0.5, 0.6) is 5.75 Å². The van der Waals surface area contributed by atoms with Gasteiger partial charge in [-0.05, 0) is 48.9 Å². The quantitative estimate of drug-likeness (QED) is 0.0835. The minimum atomic E-state index is -0.451. The van der Waals surface area contributed by atoms with Crippen molar-refractivity contribution in [2.45, 2.75) is 37.0 Å². The van der Waals surface area contributed by atoms with Crippen LogP contribution >= 0.6 is 27.7 Å². The number of rotatable bonds is 13. The van der Waals surface area contributed by atoms with Gasteiger partial charge < -0.3 is 14.6 Å². The molecule has 0 aliphatic rings. The predicted molar refractivity (Wildman–Crippen MR) is 160 cm³/mol. The van der Waals surface area contributed by atoms with E-state index in [0.717, 1.165) is 27.1 Å². The lowest BCUT2D eigenvalue weighted by molar-refractivity contribution is -0.120. The number of halogens is 1. The first-order chi connectivity index (χ1) is 19.0. The molecule has 1 unspecified atom stereocenters. The van der Waals surface area contributed by atoms with Crippen molar-refractivity contribution >= 4 is 45.5 Å². The first-order valence-corrected chi connectivity index (χ1v) is 14.0. The first-order valence-electron chi connectivity index (χ1n) is 12.3. The maximum Gasteiger partial charge on any atom is 0.253 e. The number of allylic oxidation sites excluding steroid dienone is 1. The number of anilines is 1. The summed E-state index contributed by atoms with van der Waals surface area (Å²) in [6, 6.07) is 25.4. The van der Waals surface area contributed by atoms with Gasteiger partial charge in [-0.3, -0.25) is 4.79 Å². The Labute approximate surface area is 240 Å². The van der Waals surface area contributed by atoms with E-state index in [0.29, 0.717) is 30.6 Å². The Balaban J connectivity index is 1.34. The summed E-state index contributed by atoms with van der Waals surface area (Å²) >= 11 is 4.79. The van der Waals surface area contributed by atoms with Gasteiger partial charge in [-0.15, -0.1) is 16.8 Å². The molecule has 2 N–H and O–H groups in total. The molecule has 200 valence electrons. The lowest BCUT2D eigenvalue weighted by atomic mass is 10.2. The molecule has 3 aromatic carbocycles. The Hall–Kier alpha value is -3.89. The molecule has 0 saturated carbocycles. The summed E-state index contributed by atoms with van der Waals surface area (Å²) in [6.45, 7) is 7.10. The van der Waals surface area contributed by atoms with Crippen molar-refractivity contribution in [3.05, 3.63) is 113 Å². The summed E-state index contributed by atoms with van der Waals surface area (Å²) in [6.07, 6.45) is 3.36. The summed E-state index contributed by atoms with van der Waals surface area (Å²) in [4.78, 5) is 12.8. The van der Waals surface area contributed by atoms with Gasteiger partial charge in [0.05, 0.1) is 18.0 Å². The minimum Gasteiger partial charge on any atom is -0.488 e. The van der Waals surface area contributed by atoms with Crippen molar-refractivity contribution in [2.75, 3.05) is 5.32 Å². The highest BCUT2D eigenvalue weighted by atomic mass is 79.9. The lowest BCUT2D eigenvalue weighted by Crippen LogP contribution is -2.27. The zero-order valence-electron chi connectivity index (χ0n) is 21.5. The van der Waals surface area contributed by atoms with E-state index in [9.17, 15) is 4.79 Å². The van der Waals surface area contributed by atoms with E-state index < -0.39 is 5.25 Å². The van der Waals surface area contributed by atoms with Crippen molar-refractivity contribution in [1.82, 2.24) is 20.2 Å². The van der Waals surface area contributed by atoms with E-state index >= 15 is 0 Å². The summed E-state index contributed by atoms with van der Waals surface area (Å²) in [5, 5.41) is 16.3. The second kappa shape index (κ2) is 14.3. The van der Waals surface area contributed by atoms with Crippen molar-refractivity contribution in [3.63, 3.8) is 0 Å². The Morgan fingerprint density at radius 2 is 1.92 bits per heavy atom. The molecule has 0 aliphatic carbocycles. The molecule has 0 fully saturated rings. The topological polar surface area (TPSA) is 93.4 Å². The Kier molecular flexibility index (Phi) is 10.3. The van der Waals surface area contributed by atoms with E-state index in [1.54, 1.807) is 19.2 Å². The number of amides is 1. The molecule has 0 bridgehead atoms. The number of hydrazone groups is 1. The fraction of sp³-hybridized carbons (Fsp3) is 0.172. The smallest absolute Gasteiger partial charge is 0.253 e. The highest BCUT2D eigenvalue weighted by Gasteiger charge is 2.19. The standard InChI is InChI=1S/C29H29BrN6O2S/c1-3-16-36-27(19-31-25-13-5-4-6-14-25)33-35-29(36)39-21(2)28(37)34-32-18-23-11-7-8-15-26(23)38-20-22-10-9-12-24(30)17-22/h3-15,17-18,21,31H,1,16,19-20H2,2H3,(H,34,37)/b32-18+. The molecular formula is C29H29BrN6O2S. The van der Waals surface area contributed by atoms with Gasteiger partial charge in [-0.2, -0.15) is 5.10 Å². The molecule has 39 heavy (non-hydrogen) atoms. The van der Waals surface area contributed by atoms with E-state index in [2.05, 4.69) is 48.6 Å². The van der Waals surface area contributed by atoms with Crippen molar-refractivity contribution < 1.29 is 9.53 Å². The molecule has 1 atom stereocenters. The highest BCUT2D eigenvalue weighted by molar-refractivity contribution is 9.10. The minimum absolute atomic E-state index is 0.249. The second-order valence-corrected chi connectivity index (χ2v) is 10.7. The normalized spacial score (nSPS) is 11.7. The summed E-state index contributed by atoms with van der Waals surface area (Å²) in [5.74, 6) is 1.18. The molecule has 1 amide bonds. The van der Waals surface area contributed by atoms with Gasteiger partial charge in [-0.1, -0.05) is 76.2 Å². The van der Waals surface area contributed by atoms with Gasteiger partial charge in [0.15, 0.2) is 11.0 Å². The van der Waals surface area contributed by atoms with Gasteiger partial charge in [0.25, 0.3) is 5.91 Å². The number of aromatic nitrogens is 3. The average molecular weight is 606 g/mol.